The molecule has 23 nitrogen and oxygen atoms in total. The van der Waals surface area contributed by atoms with Crippen LogP contribution in [0.2, 0.25) is 0 Å². The van der Waals surface area contributed by atoms with Crippen LogP contribution in [0.5, 0.6) is 0 Å². The number of hydrogen-bond donors (Lipinski definition) is 14. The van der Waals surface area contributed by atoms with Crippen LogP contribution in [0, 0.1) is 50.2 Å². The number of rotatable bonds is 11. The molecule has 5 aliphatic carbocycles. The molecule has 14 N–H and O–H groups in total. The van der Waals surface area contributed by atoms with E-state index in [1.807, 2.05) is 20.8 Å². The lowest BCUT2D eigenvalue weighted by Crippen LogP contribution is -2.69. The summed E-state index contributed by atoms with van der Waals surface area (Å²) in [6.45, 7) is 16.9. The van der Waals surface area contributed by atoms with E-state index in [0.29, 0.717) is 32.1 Å². The first-order valence-electron chi connectivity index (χ1n) is 27.7. The minimum Gasteiger partial charge on any atom is -0.479 e. The fraction of sp³-hybridized carbons (Fsp3) is 0.944. The maximum absolute atomic E-state index is 12.6. The highest BCUT2D eigenvalue weighted by Gasteiger charge is 2.71. The SMILES string of the molecule is C[C@@H]1O[C@@H](O[C@H]2[C@H](O[C@H]3[C@H](O[C@H]4CC[C@@]5(C)[C@@H](CC[C@]6(C)[C@@H]5CC=C5[C@@H]7CC(C)(C)[C@H](O[C@@H]8O[C@@H](C)[C@H](O)[C@@H](O)[C@H]8O)[C@@H](O)[C@]7(C)CC[C@]56C)[C@@]4(C)CO)O[C@H](C(=O)O)[C@@H](O)[C@@H]3O)O[C@H](CO)[C@H](O)[C@@H]2O)[C@H](O)[C@H](O)[C@H]1O. The van der Waals surface area contributed by atoms with E-state index in [2.05, 4.69) is 33.8 Å². The predicted molar refractivity (Wildman–Crippen MR) is 263 cm³/mol. The Kier molecular flexibility index (Phi) is 16.5. The first-order chi connectivity index (χ1) is 35.9. The Labute approximate surface area is 449 Å². The molecule has 442 valence electrons. The van der Waals surface area contributed by atoms with Crippen molar-refractivity contribution in [2.75, 3.05) is 13.2 Å². The Morgan fingerprint density at radius 3 is 1.71 bits per heavy atom. The van der Waals surface area contributed by atoms with Gasteiger partial charge in [-0.25, -0.2) is 4.79 Å². The predicted octanol–water partition coefficient (Wildman–Crippen LogP) is -1.47. The van der Waals surface area contributed by atoms with Gasteiger partial charge in [0.05, 0.1) is 43.7 Å². The molecule has 0 aromatic rings. The van der Waals surface area contributed by atoms with Crippen LogP contribution < -0.4 is 0 Å². The summed E-state index contributed by atoms with van der Waals surface area (Å²) in [5.74, 6) is -1.72. The number of allylic oxidation sites excluding steroid dienone is 2. The summed E-state index contributed by atoms with van der Waals surface area (Å²) in [7, 11) is 0. The van der Waals surface area contributed by atoms with Gasteiger partial charge in [-0.05, 0) is 105 Å². The molecule has 9 rings (SSSR count). The first kappa shape index (κ1) is 60.0. The van der Waals surface area contributed by atoms with Crippen LogP contribution in [-0.2, 0) is 42.7 Å². The summed E-state index contributed by atoms with van der Waals surface area (Å²) in [4.78, 5) is 12.6. The fourth-order valence-corrected chi connectivity index (χ4v) is 16.6. The summed E-state index contributed by atoms with van der Waals surface area (Å²) in [6.07, 6.45) is -28.2. The van der Waals surface area contributed by atoms with Gasteiger partial charge in [0, 0.05) is 10.8 Å². The zero-order valence-corrected chi connectivity index (χ0v) is 45.6. The number of ether oxygens (including phenoxy) is 8. The topological polar surface area (TPSA) is 374 Å². The maximum Gasteiger partial charge on any atom is 0.335 e. The van der Waals surface area contributed by atoms with Crippen LogP contribution in [0.25, 0.3) is 0 Å². The van der Waals surface area contributed by atoms with Crippen molar-refractivity contribution in [3.8, 4) is 0 Å². The minimum atomic E-state index is -2.11. The van der Waals surface area contributed by atoms with Gasteiger partial charge in [-0.1, -0.05) is 60.1 Å². The van der Waals surface area contributed by atoms with Gasteiger partial charge in [0.15, 0.2) is 31.3 Å². The zero-order chi connectivity index (χ0) is 56.6. The summed E-state index contributed by atoms with van der Waals surface area (Å²) in [5, 5.41) is 153. The number of aliphatic carboxylic acids is 1. The molecule has 23 heteroatoms. The van der Waals surface area contributed by atoms with Crippen molar-refractivity contribution in [1.82, 2.24) is 0 Å². The first-order valence-corrected chi connectivity index (χ1v) is 27.7. The molecule has 9 aliphatic rings. The minimum absolute atomic E-state index is 0.0274. The molecule has 4 saturated heterocycles. The van der Waals surface area contributed by atoms with Gasteiger partial charge in [0.2, 0.25) is 0 Å². The zero-order valence-electron chi connectivity index (χ0n) is 45.6. The van der Waals surface area contributed by atoms with Crippen LogP contribution in [0.3, 0.4) is 0 Å². The van der Waals surface area contributed by atoms with Gasteiger partial charge in [-0.15, -0.1) is 0 Å². The van der Waals surface area contributed by atoms with E-state index >= 15 is 0 Å². The highest BCUT2D eigenvalue weighted by molar-refractivity contribution is 5.73. The summed E-state index contributed by atoms with van der Waals surface area (Å²) >= 11 is 0. The molecule has 0 aromatic heterocycles. The van der Waals surface area contributed by atoms with Crippen molar-refractivity contribution in [2.45, 2.75) is 255 Å². The molecule has 0 aromatic carbocycles. The molecule has 0 radical (unpaired) electrons. The van der Waals surface area contributed by atoms with Crippen molar-refractivity contribution >= 4 is 5.97 Å². The number of carbonyl (C=O) groups is 1. The average Bonchev–Trinajstić information content (AvgIpc) is 3.45. The van der Waals surface area contributed by atoms with Crippen LogP contribution in [0.1, 0.15) is 114 Å². The van der Waals surface area contributed by atoms with Crippen molar-refractivity contribution in [3.63, 3.8) is 0 Å². The molecule has 4 aliphatic heterocycles. The van der Waals surface area contributed by atoms with E-state index in [1.165, 1.54) is 12.5 Å². The third-order valence-corrected chi connectivity index (χ3v) is 21.8. The molecule has 0 bridgehead atoms. The van der Waals surface area contributed by atoms with Gasteiger partial charge in [0.1, 0.15) is 79.4 Å². The second-order valence-corrected chi connectivity index (χ2v) is 26.4. The van der Waals surface area contributed by atoms with Crippen LogP contribution in [0.15, 0.2) is 11.6 Å². The Morgan fingerprint density at radius 2 is 1.14 bits per heavy atom. The van der Waals surface area contributed by atoms with Crippen LogP contribution >= 0.6 is 0 Å². The number of carboxylic acid groups (broad SMARTS) is 1. The van der Waals surface area contributed by atoms with E-state index in [9.17, 15) is 76.3 Å². The number of hydrogen-bond acceptors (Lipinski definition) is 22. The Bertz CT molecular complexity index is 2150. The molecule has 4 saturated carbocycles. The van der Waals surface area contributed by atoms with Gasteiger partial charge >= 0.3 is 5.97 Å². The number of aliphatic hydroxyl groups excluding tert-OH is 13. The van der Waals surface area contributed by atoms with Gasteiger partial charge in [0.25, 0.3) is 0 Å². The fourth-order valence-electron chi connectivity index (χ4n) is 16.6. The highest BCUT2D eigenvalue weighted by atomic mass is 16.8. The van der Waals surface area contributed by atoms with Crippen LogP contribution in [-0.4, -0.2) is 232 Å². The van der Waals surface area contributed by atoms with Crippen molar-refractivity contribution in [1.29, 1.82) is 0 Å². The monoisotopic (exact) mass is 1100 g/mol. The maximum atomic E-state index is 12.6. The summed E-state index contributed by atoms with van der Waals surface area (Å²) in [5.41, 5.74) is -1.87. The third-order valence-electron chi connectivity index (χ3n) is 21.8. The standard InChI is InChI=1S/C54H88O23/c1-21-29(57)32(60)37(65)45(70-21)75-40-34(62)31(59)25(19-55)72-47(40)76-41-36(64)35(63)39(44(68)69)74-48(41)73-28-13-14-51(6)26(52(28,7)20-56)12-15-54(9)27(51)11-10-23-24-18-49(3,4)43(42(67)50(24,5)16-17-53(23,54)8)77-46-38(66)33(61)30(58)22(2)71-46/h10,21-22,24-43,45-48,55-67H,11-20H2,1-9H3,(H,68,69)/t21-,22-,24-,25+,26+,27+,28-,29-,30-,31-,32+,33+,34-,35-,36-,37+,38+,39-,40+,41+,42+,43+,45-,46-,47-,48+,50+,51-,52+,53+,54+/m0/s1. The second-order valence-electron chi connectivity index (χ2n) is 26.4. The van der Waals surface area contributed by atoms with Crippen molar-refractivity contribution < 1.29 is 114 Å². The smallest absolute Gasteiger partial charge is 0.335 e. The van der Waals surface area contributed by atoms with Gasteiger partial charge < -0.3 is 109 Å². The largest absolute Gasteiger partial charge is 0.479 e. The molecule has 0 spiro atoms. The highest BCUT2D eigenvalue weighted by Crippen LogP contribution is 2.76. The Morgan fingerprint density at radius 1 is 0.584 bits per heavy atom. The van der Waals surface area contributed by atoms with Gasteiger partial charge in [-0.3, -0.25) is 0 Å². The van der Waals surface area contributed by atoms with E-state index in [0.717, 1.165) is 19.3 Å². The molecule has 31 atom stereocenters. The number of aliphatic hydroxyl groups is 13. The summed E-state index contributed by atoms with van der Waals surface area (Å²) in [6, 6.07) is 0. The van der Waals surface area contributed by atoms with Gasteiger partial charge in [-0.2, -0.15) is 0 Å². The van der Waals surface area contributed by atoms with E-state index in [1.54, 1.807) is 6.92 Å². The van der Waals surface area contributed by atoms with E-state index in [4.69, 9.17) is 37.9 Å². The lowest BCUT2D eigenvalue weighted by atomic mass is 9.33. The molecule has 0 amide bonds. The molecular formula is C54H88O23. The Balaban J connectivity index is 0.969. The molecule has 8 fully saturated rings. The second kappa shape index (κ2) is 21.2. The molecule has 77 heavy (non-hydrogen) atoms. The summed E-state index contributed by atoms with van der Waals surface area (Å²) < 4.78 is 48.6. The van der Waals surface area contributed by atoms with Crippen molar-refractivity contribution in [2.24, 2.45) is 50.2 Å². The molecule has 0 unspecified atom stereocenters. The van der Waals surface area contributed by atoms with Crippen molar-refractivity contribution in [3.05, 3.63) is 11.6 Å². The quantitative estimate of drug-likeness (QED) is 0.0829. The average molecular weight is 1110 g/mol. The number of carboxylic acids is 1. The third kappa shape index (κ3) is 9.42. The number of fused-ring (bicyclic) bond motifs is 7. The lowest BCUT2D eigenvalue weighted by Gasteiger charge is -2.72. The van der Waals surface area contributed by atoms with Crippen LogP contribution in [0.4, 0.5) is 0 Å². The van der Waals surface area contributed by atoms with E-state index in [-0.39, 0.29) is 40.6 Å². The Hall–Kier alpha value is -1.63. The molecular weight excluding hydrogens is 1020 g/mol. The lowest BCUT2D eigenvalue weighted by molar-refractivity contribution is -0.396. The van der Waals surface area contributed by atoms with E-state index < -0.39 is 170 Å². The normalized spacial score (nSPS) is 56.7. The molecule has 4 heterocycles.